The van der Waals surface area contributed by atoms with Gasteiger partial charge in [0, 0.05) is 18.2 Å². The molecule has 1 aromatic carbocycles. The standard InChI is InChI=1S/C18H22F3N3O/c1-2-6-16(25)22-12-9-10-15-14(11-12)23-17(18(19,20)21)24(15)13-7-4-3-5-8-13/h9-11,13H,2-8H2,1H3,(H,22,25). The lowest BCUT2D eigenvalue weighted by molar-refractivity contribution is -0.147. The molecule has 1 heterocycles. The molecule has 1 amide bonds. The fraction of sp³-hybridized carbons (Fsp3) is 0.556. The molecule has 0 unspecified atom stereocenters. The molecule has 1 aliphatic rings. The van der Waals surface area contributed by atoms with Gasteiger partial charge in [0.25, 0.3) is 0 Å². The highest BCUT2D eigenvalue weighted by molar-refractivity contribution is 5.93. The number of nitrogens with zero attached hydrogens (tertiary/aromatic N) is 2. The lowest BCUT2D eigenvalue weighted by Crippen LogP contribution is -2.21. The highest BCUT2D eigenvalue weighted by atomic mass is 19.4. The lowest BCUT2D eigenvalue weighted by atomic mass is 9.95. The maximum atomic E-state index is 13.5. The number of hydrogen-bond acceptors (Lipinski definition) is 2. The Balaban J connectivity index is 2.02. The number of rotatable bonds is 4. The van der Waals surface area contributed by atoms with E-state index in [1.165, 1.54) is 10.6 Å². The van der Waals surface area contributed by atoms with E-state index in [0.29, 0.717) is 24.0 Å². The van der Waals surface area contributed by atoms with E-state index in [-0.39, 0.29) is 17.5 Å². The first-order valence-electron chi connectivity index (χ1n) is 8.79. The highest BCUT2D eigenvalue weighted by Crippen LogP contribution is 2.38. The van der Waals surface area contributed by atoms with Gasteiger partial charge in [-0.05, 0) is 37.5 Å². The number of carbonyl (C=O) groups excluding carboxylic acids is 1. The molecule has 2 aromatic rings. The number of halogens is 3. The van der Waals surface area contributed by atoms with Gasteiger partial charge in [-0.25, -0.2) is 4.98 Å². The molecule has 25 heavy (non-hydrogen) atoms. The van der Waals surface area contributed by atoms with E-state index in [2.05, 4.69) is 10.3 Å². The number of imidazole rings is 1. The van der Waals surface area contributed by atoms with Crippen molar-refractivity contribution in [2.75, 3.05) is 5.32 Å². The third-order valence-corrected chi connectivity index (χ3v) is 4.64. The molecule has 1 N–H and O–H groups in total. The normalized spacial score (nSPS) is 16.3. The number of amides is 1. The number of carbonyl (C=O) groups is 1. The van der Waals surface area contributed by atoms with Gasteiger partial charge >= 0.3 is 6.18 Å². The molecule has 1 fully saturated rings. The summed E-state index contributed by atoms with van der Waals surface area (Å²) in [6, 6.07) is 4.64. The zero-order valence-corrected chi connectivity index (χ0v) is 14.2. The Kier molecular flexibility index (Phi) is 5.01. The molecule has 7 heteroatoms. The summed E-state index contributed by atoms with van der Waals surface area (Å²) in [5.74, 6) is -0.990. The minimum Gasteiger partial charge on any atom is -0.326 e. The van der Waals surface area contributed by atoms with Crippen LogP contribution in [0.15, 0.2) is 18.2 Å². The molecule has 0 radical (unpaired) electrons. The van der Waals surface area contributed by atoms with Gasteiger partial charge in [0.1, 0.15) is 0 Å². The summed E-state index contributed by atoms with van der Waals surface area (Å²) in [6.45, 7) is 1.89. The number of fused-ring (bicyclic) bond motifs is 1. The van der Waals surface area contributed by atoms with Crippen LogP contribution in [0, 0.1) is 0 Å². The number of nitrogens with one attached hydrogen (secondary N) is 1. The Bertz CT molecular complexity index is 761. The van der Waals surface area contributed by atoms with Gasteiger partial charge in [-0.3, -0.25) is 4.79 Å². The van der Waals surface area contributed by atoms with Crippen molar-refractivity contribution in [1.29, 1.82) is 0 Å². The van der Waals surface area contributed by atoms with Crippen LogP contribution in [-0.4, -0.2) is 15.5 Å². The van der Waals surface area contributed by atoms with Crippen molar-refractivity contribution in [2.24, 2.45) is 0 Å². The smallest absolute Gasteiger partial charge is 0.326 e. The Morgan fingerprint density at radius 1 is 1.28 bits per heavy atom. The molecular weight excluding hydrogens is 331 g/mol. The van der Waals surface area contributed by atoms with Crippen molar-refractivity contribution < 1.29 is 18.0 Å². The van der Waals surface area contributed by atoms with E-state index in [0.717, 1.165) is 32.1 Å². The van der Waals surface area contributed by atoms with Crippen LogP contribution in [0.25, 0.3) is 11.0 Å². The van der Waals surface area contributed by atoms with Crippen LogP contribution in [0.4, 0.5) is 18.9 Å². The van der Waals surface area contributed by atoms with Gasteiger partial charge in [0.05, 0.1) is 11.0 Å². The second-order valence-electron chi connectivity index (χ2n) is 6.60. The summed E-state index contributed by atoms with van der Waals surface area (Å²) in [6.07, 6.45) is 1.01. The molecule has 0 atom stereocenters. The van der Waals surface area contributed by atoms with Crippen LogP contribution in [0.3, 0.4) is 0 Å². The maximum absolute atomic E-state index is 13.5. The summed E-state index contributed by atoms with van der Waals surface area (Å²) in [5.41, 5.74) is 1.23. The maximum Gasteiger partial charge on any atom is 0.449 e. The predicted molar refractivity (Wildman–Crippen MR) is 90.4 cm³/mol. The molecule has 0 bridgehead atoms. The molecule has 1 aromatic heterocycles. The van der Waals surface area contributed by atoms with Gasteiger partial charge < -0.3 is 9.88 Å². The van der Waals surface area contributed by atoms with E-state index in [1.54, 1.807) is 12.1 Å². The fourth-order valence-electron chi connectivity index (χ4n) is 3.54. The predicted octanol–water partition coefficient (Wildman–Crippen LogP) is 5.30. The first-order valence-corrected chi connectivity index (χ1v) is 8.79. The molecule has 0 saturated heterocycles. The lowest BCUT2D eigenvalue weighted by Gasteiger charge is -2.26. The number of alkyl halides is 3. The first kappa shape index (κ1) is 17.8. The number of hydrogen-bond donors (Lipinski definition) is 1. The molecule has 1 aliphatic carbocycles. The highest BCUT2D eigenvalue weighted by Gasteiger charge is 2.39. The van der Waals surface area contributed by atoms with Crippen LogP contribution in [-0.2, 0) is 11.0 Å². The number of anilines is 1. The average Bonchev–Trinajstić information content (AvgIpc) is 2.95. The van der Waals surface area contributed by atoms with E-state index in [1.807, 2.05) is 6.92 Å². The van der Waals surface area contributed by atoms with Gasteiger partial charge in [0.15, 0.2) is 0 Å². The summed E-state index contributed by atoms with van der Waals surface area (Å²) >= 11 is 0. The Labute approximate surface area is 144 Å². The monoisotopic (exact) mass is 353 g/mol. The fourth-order valence-corrected chi connectivity index (χ4v) is 3.54. The quantitative estimate of drug-likeness (QED) is 0.811. The van der Waals surface area contributed by atoms with Gasteiger partial charge in [-0.1, -0.05) is 26.2 Å². The van der Waals surface area contributed by atoms with Gasteiger partial charge in [0.2, 0.25) is 11.7 Å². The van der Waals surface area contributed by atoms with Crippen molar-refractivity contribution in [1.82, 2.24) is 9.55 Å². The summed E-state index contributed by atoms with van der Waals surface area (Å²) < 4.78 is 41.9. The van der Waals surface area contributed by atoms with Crippen LogP contribution in [0.1, 0.15) is 63.7 Å². The van der Waals surface area contributed by atoms with Crippen molar-refractivity contribution in [3.63, 3.8) is 0 Å². The number of aromatic nitrogens is 2. The van der Waals surface area contributed by atoms with Crippen molar-refractivity contribution >= 4 is 22.6 Å². The van der Waals surface area contributed by atoms with Crippen molar-refractivity contribution in [3.05, 3.63) is 24.0 Å². The molecule has 0 aliphatic heterocycles. The number of benzene rings is 1. The van der Waals surface area contributed by atoms with Crippen LogP contribution < -0.4 is 5.32 Å². The third-order valence-electron chi connectivity index (χ3n) is 4.64. The van der Waals surface area contributed by atoms with E-state index >= 15 is 0 Å². The van der Waals surface area contributed by atoms with Crippen LogP contribution in [0.2, 0.25) is 0 Å². The largest absolute Gasteiger partial charge is 0.449 e. The minimum atomic E-state index is -4.50. The van der Waals surface area contributed by atoms with E-state index in [4.69, 9.17) is 0 Å². The second kappa shape index (κ2) is 7.06. The van der Waals surface area contributed by atoms with Crippen molar-refractivity contribution in [2.45, 2.75) is 64.1 Å². The van der Waals surface area contributed by atoms with Crippen LogP contribution >= 0.6 is 0 Å². The molecule has 4 nitrogen and oxygen atoms in total. The minimum absolute atomic E-state index is 0.149. The molecule has 1 saturated carbocycles. The van der Waals surface area contributed by atoms with Gasteiger partial charge in [-0.15, -0.1) is 0 Å². The summed E-state index contributed by atoms with van der Waals surface area (Å²) in [7, 11) is 0. The average molecular weight is 353 g/mol. The molecule has 3 rings (SSSR count). The SMILES string of the molecule is CCCC(=O)Nc1ccc2c(c1)nc(C(F)(F)F)n2C1CCCCC1. The van der Waals surface area contributed by atoms with Crippen molar-refractivity contribution in [3.8, 4) is 0 Å². The van der Waals surface area contributed by atoms with Crippen LogP contribution in [0.5, 0.6) is 0 Å². The third kappa shape index (κ3) is 3.80. The van der Waals surface area contributed by atoms with Gasteiger partial charge in [-0.2, -0.15) is 13.2 Å². The van der Waals surface area contributed by atoms with E-state index < -0.39 is 12.0 Å². The summed E-state index contributed by atoms with van der Waals surface area (Å²) in [4.78, 5) is 15.6. The molecular formula is C18H22F3N3O. The molecule has 0 spiro atoms. The molecule has 136 valence electrons. The van der Waals surface area contributed by atoms with E-state index in [9.17, 15) is 18.0 Å². The zero-order valence-electron chi connectivity index (χ0n) is 14.2. The Morgan fingerprint density at radius 3 is 2.64 bits per heavy atom. The zero-order chi connectivity index (χ0) is 18.0. The second-order valence-corrected chi connectivity index (χ2v) is 6.60. The first-order chi connectivity index (χ1) is 11.9. The summed E-state index contributed by atoms with van der Waals surface area (Å²) in [5, 5.41) is 2.71. The topological polar surface area (TPSA) is 46.9 Å². The Morgan fingerprint density at radius 2 is 2.00 bits per heavy atom. The Hall–Kier alpha value is -2.05.